The SMILES string of the molecule is Cc1c(C)c2c(c(N)c1C#N)C(=O)N(N)C2=O. The van der Waals surface area contributed by atoms with Crippen LogP contribution in [-0.4, -0.2) is 16.8 Å². The second-order valence-electron chi connectivity index (χ2n) is 3.88. The van der Waals surface area contributed by atoms with Crippen LogP contribution in [0.4, 0.5) is 5.69 Å². The van der Waals surface area contributed by atoms with Crippen molar-refractivity contribution in [3.8, 4) is 6.07 Å². The normalized spacial score (nSPS) is 13.9. The van der Waals surface area contributed by atoms with E-state index in [0.29, 0.717) is 16.1 Å². The van der Waals surface area contributed by atoms with Crippen LogP contribution < -0.4 is 11.6 Å². The largest absolute Gasteiger partial charge is 0.397 e. The van der Waals surface area contributed by atoms with E-state index in [0.717, 1.165) is 0 Å². The number of nitrogen functional groups attached to an aromatic ring is 1. The molecule has 86 valence electrons. The molecule has 1 aromatic carbocycles. The van der Waals surface area contributed by atoms with Crippen LogP contribution in [-0.2, 0) is 0 Å². The van der Waals surface area contributed by atoms with Gasteiger partial charge in [-0.2, -0.15) is 5.26 Å². The molecule has 6 nitrogen and oxygen atoms in total. The maximum Gasteiger partial charge on any atom is 0.278 e. The van der Waals surface area contributed by atoms with E-state index in [1.807, 2.05) is 6.07 Å². The highest BCUT2D eigenvalue weighted by atomic mass is 16.2. The van der Waals surface area contributed by atoms with Gasteiger partial charge >= 0.3 is 0 Å². The molecule has 0 saturated heterocycles. The second kappa shape index (κ2) is 3.30. The van der Waals surface area contributed by atoms with E-state index in [2.05, 4.69) is 0 Å². The molecule has 0 aromatic heterocycles. The van der Waals surface area contributed by atoms with Crippen molar-refractivity contribution in [2.24, 2.45) is 5.84 Å². The first-order chi connectivity index (χ1) is 7.91. The fraction of sp³-hybridized carbons (Fsp3) is 0.182. The average Bonchev–Trinajstić information content (AvgIpc) is 2.52. The number of benzene rings is 1. The van der Waals surface area contributed by atoms with Crippen LogP contribution in [0.5, 0.6) is 0 Å². The average molecular weight is 230 g/mol. The lowest BCUT2D eigenvalue weighted by atomic mass is 9.92. The first kappa shape index (κ1) is 11.1. The fourth-order valence-corrected chi connectivity index (χ4v) is 1.99. The molecule has 0 aliphatic carbocycles. The predicted molar refractivity (Wildman–Crippen MR) is 59.7 cm³/mol. The van der Waals surface area contributed by atoms with Crippen LogP contribution in [0.2, 0.25) is 0 Å². The van der Waals surface area contributed by atoms with E-state index in [-0.39, 0.29) is 22.4 Å². The number of rotatable bonds is 0. The Morgan fingerprint density at radius 1 is 1.12 bits per heavy atom. The van der Waals surface area contributed by atoms with E-state index in [9.17, 15) is 9.59 Å². The molecule has 0 spiro atoms. The Labute approximate surface area is 97.4 Å². The van der Waals surface area contributed by atoms with Crippen LogP contribution in [0, 0.1) is 25.2 Å². The highest BCUT2D eigenvalue weighted by Gasteiger charge is 2.38. The highest BCUT2D eigenvalue weighted by Crippen LogP contribution is 2.34. The molecule has 0 saturated carbocycles. The van der Waals surface area contributed by atoms with Crippen molar-refractivity contribution in [1.82, 2.24) is 5.01 Å². The van der Waals surface area contributed by atoms with Crippen molar-refractivity contribution in [3.63, 3.8) is 0 Å². The molecule has 1 heterocycles. The maximum atomic E-state index is 11.8. The number of anilines is 1. The third kappa shape index (κ3) is 1.17. The molecule has 6 heteroatoms. The van der Waals surface area contributed by atoms with Crippen molar-refractivity contribution in [1.29, 1.82) is 5.26 Å². The summed E-state index contributed by atoms with van der Waals surface area (Å²) in [6, 6.07) is 1.94. The van der Waals surface area contributed by atoms with E-state index in [4.69, 9.17) is 16.8 Å². The van der Waals surface area contributed by atoms with Crippen LogP contribution >= 0.6 is 0 Å². The minimum Gasteiger partial charge on any atom is -0.397 e. The van der Waals surface area contributed by atoms with Gasteiger partial charge in [0.25, 0.3) is 11.8 Å². The highest BCUT2D eigenvalue weighted by molar-refractivity contribution is 6.24. The number of nitriles is 1. The van der Waals surface area contributed by atoms with Gasteiger partial charge in [-0.1, -0.05) is 0 Å². The summed E-state index contributed by atoms with van der Waals surface area (Å²) in [5.41, 5.74) is 7.40. The molecule has 0 unspecified atom stereocenters. The zero-order chi connectivity index (χ0) is 12.9. The van der Waals surface area contributed by atoms with Gasteiger partial charge in [-0.25, -0.2) is 10.9 Å². The summed E-state index contributed by atoms with van der Waals surface area (Å²) >= 11 is 0. The lowest BCUT2D eigenvalue weighted by Crippen LogP contribution is -2.36. The second-order valence-corrected chi connectivity index (χ2v) is 3.88. The molecule has 4 N–H and O–H groups in total. The Hall–Kier alpha value is -2.39. The molecule has 1 aliphatic rings. The van der Waals surface area contributed by atoms with Gasteiger partial charge in [0.15, 0.2) is 0 Å². The Bertz CT molecular complexity index is 613. The number of hydrogen-bond donors (Lipinski definition) is 2. The number of carbonyl (C=O) groups is 2. The number of nitrogens with two attached hydrogens (primary N) is 2. The van der Waals surface area contributed by atoms with E-state index < -0.39 is 11.8 Å². The number of hydrogen-bond acceptors (Lipinski definition) is 5. The van der Waals surface area contributed by atoms with Crippen molar-refractivity contribution in [3.05, 3.63) is 27.8 Å². The van der Waals surface area contributed by atoms with Crippen molar-refractivity contribution in [2.75, 3.05) is 5.73 Å². The molecule has 0 bridgehead atoms. The third-order valence-corrected chi connectivity index (χ3v) is 3.08. The molecular formula is C11H10N4O2. The van der Waals surface area contributed by atoms with Gasteiger partial charge < -0.3 is 5.73 Å². The van der Waals surface area contributed by atoms with Gasteiger partial charge in [0.05, 0.1) is 22.4 Å². The summed E-state index contributed by atoms with van der Waals surface area (Å²) in [4.78, 5) is 23.5. The molecule has 0 atom stereocenters. The molecule has 2 amide bonds. The van der Waals surface area contributed by atoms with Crippen LogP contribution in [0.1, 0.15) is 37.4 Å². The predicted octanol–water partition coefficient (Wildman–Crippen LogP) is 0.227. The Morgan fingerprint density at radius 2 is 1.65 bits per heavy atom. The van der Waals surface area contributed by atoms with Gasteiger partial charge in [0.2, 0.25) is 0 Å². The van der Waals surface area contributed by atoms with E-state index in [1.165, 1.54) is 0 Å². The standard InChI is InChI=1S/C11H10N4O2/c1-4-5(2)7-8(9(13)6(4)3-12)11(17)15(14)10(7)16/h13-14H2,1-2H3. The molecule has 1 aromatic rings. The Balaban J connectivity index is 2.95. The quantitative estimate of drug-likeness (QED) is 0.286. The summed E-state index contributed by atoms with van der Waals surface area (Å²) in [5.74, 6) is 4.10. The van der Waals surface area contributed by atoms with Gasteiger partial charge in [0.1, 0.15) is 6.07 Å². The van der Waals surface area contributed by atoms with Crippen LogP contribution in [0.3, 0.4) is 0 Å². The first-order valence-electron chi connectivity index (χ1n) is 4.88. The number of hydrazine groups is 1. The number of nitrogens with zero attached hydrogens (tertiary/aromatic N) is 2. The molecule has 2 rings (SSSR count). The number of carbonyl (C=O) groups excluding carboxylic acids is 2. The van der Waals surface area contributed by atoms with E-state index in [1.54, 1.807) is 13.8 Å². The van der Waals surface area contributed by atoms with Gasteiger partial charge in [-0.05, 0) is 25.0 Å². The zero-order valence-corrected chi connectivity index (χ0v) is 9.37. The minimum atomic E-state index is -0.665. The smallest absolute Gasteiger partial charge is 0.278 e. The fourth-order valence-electron chi connectivity index (χ4n) is 1.99. The Kier molecular flexibility index (Phi) is 2.16. The third-order valence-electron chi connectivity index (χ3n) is 3.08. The number of fused-ring (bicyclic) bond motifs is 1. The summed E-state index contributed by atoms with van der Waals surface area (Å²) < 4.78 is 0. The first-order valence-corrected chi connectivity index (χ1v) is 4.88. The summed E-state index contributed by atoms with van der Waals surface area (Å²) in [5, 5.41) is 9.52. The van der Waals surface area contributed by atoms with Gasteiger partial charge in [0, 0.05) is 0 Å². The minimum absolute atomic E-state index is 0.0249. The number of imide groups is 1. The lowest BCUT2D eigenvalue weighted by Gasteiger charge is -2.10. The maximum absolute atomic E-state index is 11.8. The number of amides is 2. The van der Waals surface area contributed by atoms with Crippen molar-refractivity contribution >= 4 is 17.5 Å². The Morgan fingerprint density at radius 3 is 2.18 bits per heavy atom. The lowest BCUT2D eigenvalue weighted by molar-refractivity contribution is 0.0654. The van der Waals surface area contributed by atoms with Crippen LogP contribution in [0.15, 0.2) is 0 Å². The van der Waals surface area contributed by atoms with Crippen molar-refractivity contribution in [2.45, 2.75) is 13.8 Å². The van der Waals surface area contributed by atoms with Crippen molar-refractivity contribution < 1.29 is 9.59 Å². The molecule has 0 fully saturated rings. The molecular weight excluding hydrogens is 220 g/mol. The summed E-state index contributed by atoms with van der Waals surface area (Å²) in [6.45, 7) is 3.35. The topological polar surface area (TPSA) is 113 Å². The zero-order valence-electron chi connectivity index (χ0n) is 9.37. The monoisotopic (exact) mass is 230 g/mol. The molecule has 1 aliphatic heterocycles. The molecule has 17 heavy (non-hydrogen) atoms. The van der Waals surface area contributed by atoms with Crippen LogP contribution in [0.25, 0.3) is 0 Å². The van der Waals surface area contributed by atoms with Gasteiger partial charge in [-0.15, -0.1) is 0 Å². The summed E-state index contributed by atoms with van der Waals surface area (Å²) in [7, 11) is 0. The van der Waals surface area contributed by atoms with Gasteiger partial charge in [-0.3, -0.25) is 9.59 Å². The molecule has 0 radical (unpaired) electrons. The summed E-state index contributed by atoms with van der Waals surface area (Å²) in [6.07, 6.45) is 0. The van der Waals surface area contributed by atoms with E-state index >= 15 is 0 Å².